The molecule has 1 atom stereocenters. The Hall–Kier alpha value is -1.99. The molecule has 0 aliphatic carbocycles. The zero-order valence-corrected chi connectivity index (χ0v) is 22.3. The van der Waals surface area contributed by atoms with Gasteiger partial charge in [-0.15, -0.1) is 0 Å². The molecule has 33 heavy (non-hydrogen) atoms. The first-order valence-electron chi connectivity index (χ1n) is 11.3. The summed E-state index contributed by atoms with van der Waals surface area (Å²) < 4.78 is 33.3. The molecule has 1 aromatic carbocycles. The van der Waals surface area contributed by atoms with Crippen molar-refractivity contribution in [3.8, 4) is 16.9 Å². The van der Waals surface area contributed by atoms with Gasteiger partial charge < -0.3 is 14.2 Å². The number of esters is 1. The molecule has 2 aromatic rings. The average molecular weight is 522 g/mol. The molecule has 0 radical (unpaired) electrons. The lowest BCUT2D eigenvalue weighted by atomic mass is 9.87. The molecule has 1 aliphatic rings. The lowest BCUT2D eigenvalue weighted by molar-refractivity contribution is -0.171. The second-order valence-corrected chi connectivity index (χ2v) is 10.6. The van der Waals surface area contributed by atoms with Gasteiger partial charge in [0.25, 0.3) is 0 Å². The molecule has 0 amide bonds. The van der Waals surface area contributed by atoms with E-state index >= 15 is 4.39 Å². The fourth-order valence-corrected chi connectivity index (χ4v) is 4.73. The number of ether oxygens (including phenoxy) is 3. The number of pyridine rings is 1. The molecule has 1 aliphatic heterocycles. The highest BCUT2D eigenvalue weighted by Crippen LogP contribution is 2.45. The van der Waals surface area contributed by atoms with Gasteiger partial charge in [-0.25, -0.2) is 9.18 Å². The van der Waals surface area contributed by atoms with E-state index in [0.717, 1.165) is 29.7 Å². The highest BCUT2D eigenvalue weighted by atomic mass is 79.9. The van der Waals surface area contributed by atoms with Gasteiger partial charge >= 0.3 is 5.97 Å². The van der Waals surface area contributed by atoms with Crippen LogP contribution < -0.4 is 4.74 Å². The summed E-state index contributed by atoms with van der Waals surface area (Å²) in [6.45, 7) is 15.4. The summed E-state index contributed by atoms with van der Waals surface area (Å²) in [5, 5.41) is 0. The molecule has 1 aromatic heterocycles. The van der Waals surface area contributed by atoms with Crippen LogP contribution in [0.1, 0.15) is 75.2 Å². The molecule has 0 saturated carbocycles. The molecule has 0 bridgehead atoms. The molecule has 0 fully saturated rings. The number of aromatic nitrogens is 1. The highest BCUT2D eigenvalue weighted by Gasteiger charge is 2.35. The van der Waals surface area contributed by atoms with Crippen molar-refractivity contribution < 1.29 is 23.4 Å². The standard InChI is InChI=1S/C26H33BrFNO4/c1-13(2)32-25(30)24(33-26(6,7)8)20-15(4)29-16(5)22(27)21(20)18-12-19(28)23-17(14(18)3)10-9-11-31-23/h12-13,24H,9-11H2,1-8H3/t24-/m0/s1. The smallest absolute Gasteiger partial charge is 0.340 e. The maximum Gasteiger partial charge on any atom is 0.340 e. The van der Waals surface area contributed by atoms with Gasteiger partial charge in [0.15, 0.2) is 17.7 Å². The van der Waals surface area contributed by atoms with Gasteiger partial charge in [0.2, 0.25) is 0 Å². The second-order valence-electron chi connectivity index (χ2n) is 9.77. The van der Waals surface area contributed by atoms with Crippen molar-refractivity contribution >= 4 is 21.9 Å². The summed E-state index contributed by atoms with van der Waals surface area (Å²) in [5.41, 5.74) is 4.48. The first-order valence-corrected chi connectivity index (χ1v) is 12.1. The Morgan fingerprint density at radius 1 is 1.21 bits per heavy atom. The lowest BCUT2D eigenvalue weighted by Crippen LogP contribution is -2.31. The number of benzene rings is 1. The van der Waals surface area contributed by atoms with E-state index < -0.39 is 23.5 Å². The molecule has 0 saturated heterocycles. The van der Waals surface area contributed by atoms with Gasteiger partial charge in [0, 0.05) is 26.9 Å². The molecule has 0 unspecified atom stereocenters. The molecule has 3 rings (SSSR count). The Kier molecular flexibility index (Phi) is 7.54. The number of nitrogens with zero attached hydrogens (tertiary/aromatic N) is 1. The third kappa shape index (κ3) is 5.40. The Balaban J connectivity index is 2.34. The van der Waals surface area contributed by atoms with E-state index in [2.05, 4.69) is 20.9 Å². The predicted molar refractivity (Wildman–Crippen MR) is 130 cm³/mol. The number of hydrogen-bond donors (Lipinski definition) is 0. The van der Waals surface area contributed by atoms with E-state index in [9.17, 15) is 4.79 Å². The van der Waals surface area contributed by atoms with Crippen molar-refractivity contribution in [3.05, 3.63) is 44.4 Å². The lowest BCUT2D eigenvalue weighted by Gasteiger charge is -2.30. The van der Waals surface area contributed by atoms with Crippen LogP contribution in [-0.2, 0) is 20.7 Å². The van der Waals surface area contributed by atoms with Crippen LogP contribution >= 0.6 is 15.9 Å². The van der Waals surface area contributed by atoms with Crippen LogP contribution in [-0.4, -0.2) is 29.3 Å². The van der Waals surface area contributed by atoms with Crippen molar-refractivity contribution in [2.24, 2.45) is 0 Å². The Morgan fingerprint density at radius 2 is 1.88 bits per heavy atom. The molecular formula is C26H33BrFNO4. The van der Waals surface area contributed by atoms with Gasteiger partial charge in [-0.2, -0.15) is 0 Å². The predicted octanol–water partition coefficient (Wildman–Crippen LogP) is 6.71. The van der Waals surface area contributed by atoms with E-state index in [4.69, 9.17) is 14.2 Å². The maximum absolute atomic E-state index is 15.2. The largest absolute Gasteiger partial charge is 0.490 e. The highest BCUT2D eigenvalue weighted by molar-refractivity contribution is 9.10. The third-order valence-corrected chi connectivity index (χ3v) is 6.51. The number of aryl methyl sites for hydroxylation is 2. The first kappa shape index (κ1) is 25.6. The number of carbonyl (C=O) groups excluding carboxylic acids is 1. The quantitative estimate of drug-likeness (QED) is 0.409. The Morgan fingerprint density at radius 3 is 2.48 bits per heavy atom. The van der Waals surface area contributed by atoms with Crippen LogP contribution in [0.15, 0.2) is 10.5 Å². The Labute approximate surface area is 204 Å². The molecule has 5 nitrogen and oxygen atoms in total. The first-order chi connectivity index (χ1) is 15.3. The molecule has 0 N–H and O–H groups in total. The van der Waals surface area contributed by atoms with Crippen molar-refractivity contribution in [1.29, 1.82) is 0 Å². The number of hydrogen-bond acceptors (Lipinski definition) is 5. The summed E-state index contributed by atoms with van der Waals surface area (Å²) in [5.74, 6) is -0.584. The van der Waals surface area contributed by atoms with E-state index in [0.29, 0.717) is 39.2 Å². The summed E-state index contributed by atoms with van der Waals surface area (Å²) >= 11 is 3.68. The molecule has 7 heteroatoms. The zero-order chi connectivity index (χ0) is 24.7. The topological polar surface area (TPSA) is 57.7 Å². The molecule has 2 heterocycles. The minimum Gasteiger partial charge on any atom is -0.490 e. The monoisotopic (exact) mass is 521 g/mol. The SMILES string of the molecule is Cc1nc(C)c([C@H](OC(C)(C)C)C(=O)OC(C)C)c(-c2cc(F)c3c(c2C)CCCO3)c1Br. The number of carbonyl (C=O) groups is 1. The van der Waals surface area contributed by atoms with Crippen LogP contribution in [0.25, 0.3) is 11.1 Å². The minimum atomic E-state index is -1.03. The van der Waals surface area contributed by atoms with Crippen LogP contribution in [0.5, 0.6) is 5.75 Å². The number of halogens is 2. The Bertz CT molecular complexity index is 1080. The van der Waals surface area contributed by atoms with E-state index in [1.807, 2.05) is 41.5 Å². The van der Waals surface area contributed by atoms with Crippen molar-refractivity contribution in [2.45, 2.75) is 86.0 Å². The molecular weight excluding hydrogens is 489 g/mol. The fraction of sp³-hybridized carbons (Fsp3) is 0.538. The average Bonchev–Trinajstić information content (AvgIpc) is 2.71. The second kappa shape index (κ2) is 9.71. The van der Waals surface area contributed by atoms with Crippen molar-refractivity contribution in [3.63, 3.8) is 0 Å². The van der Waals surface area contributed by atoms with Crippen LogP contribution in [0.2, 0.25) is 0 Å². The van der Waals surface area contributed by atoms with Crippen molar-refractivity contribution in [2.75, 3.05) is 6.61 Å². The number of rotatable bonds is 5. The summed E-state index contributed by atoms with van der Waals surface area (Å²) in [7, 11) is 0. The summed E-state index contributed by atoms with van der Waals surface area (Å²) in [4.78, 5) is 17.9. The van der Waals surface area contributed by atoms with Gasteiger partial charge in [0.1, 0.15) is 0 Å². The molecule has 180 valence electrons. The van der Waals surface area contributed by atoms with E-state index in [1.54, 1.807) is 13.8 Å². The van der Waals surface area contributed by atoms with Gasteiger partial charge in [0.05, 0.1) is 24.0 Å². The number of fused-ring (bicyclic) bond motifs is 1. The zero-order valence-electron chi connectivity index (χ0n) is 20.7. The van der Waals surface area contributed by atoms with Crippen LogP contribution in [0.4, 0.5) is 4.39 Å². The van der Waals surface area contributed by atoms with Gasteiger partial charge in [-0.3, -0.25) is 4.98 Å². The van der Waals surface area contributed by atoms with Crippen LogP contribution in [0, 0.1) is 26.6 Å². The van der Waals surface area contributed by atoms with Gasteiger partial charge in [-0.1, -0.05) is 0 Å². The normalized spacial score (nSPS) is 14.6. The minimum absolute atomic E-state index is 0.311. The van der Waals surface area contributed by atoms with Gasteiger partial charge in [-0.05, 0) is 101 Å². The van der Waals surface area contributed by atoms with Crippen molar-refractivity contribution in [1.82, 2.24) is 4.98 Å². The van der Waals surface area contributed by atoms with E-state index in [-0.39, 0.29) is 6.10 Å². The molecule has 0 spiro atoms. The van der Waals surface area contributed by atoms with E-state index in [1.165, 1.54) is 6.07 Å². The summed E-state index contributed by atoms with van der Waals surface area (Å²) in [6, 6.07) is 1.49. The third-order valence-electron chi connectivity index (χ3n) is 5.54. The van der Waals surface area contributed by atoms with Crippen LogP contribution in [0.3, 0.4) is 0 Å². The fourth-order valence-electron chi connectivity index (χ4n) is 4.22. The summed E-state index contributed by atoms with van der Waals surface area (Å²) in [6.07, 6.45) is 0.227. The maximum atomic E-state index is 15.2.